The van der Waals surface area contributed by atoms with E-state index in [1.54, 1.807) is 24.4 Å². The number of pyridine rings is 1. The Bertz CT molecular complexity index is 812. The van der Waals surface area contributed by atoms with E-state index in [-0.39, 0.29) is 18.0 Å². The van der Waals surface area contributed by atoms with E-state index in [1.165, 1.54) is 43.5 Å². The Hall–Kier alpha value is -3.10. The van der Waals surface area contributed by atoms with Gasteiger partial charge in [-0.25, -0.2) is 9.78 Å². The lowest BCUT2D eigenvalue weighted by molar-refractivity contribution is -0.204. The van der Waals surface area contributed by atoms with Crippen LogP contribution in [-0.2, 0) is 9.53 Å². The lowest BCUT2D eigenvalue weighted by Gasteiger charge is -2.35. The minimum Gasteiger partial charge on any atom is -0.463 e. The predicted molar refractivity (Wildman–Crippen MR) is 91.9 cm³/mol. The van der Waals surface area contributed by atoms with Crippen LogP contribution in [-0.4, -0.2) is 35.3 Å². The van der Waals surface area contributed by atoms with E-state index in [0.29, 0.717) is 5.56 Å². The number of amides is 1. The Kier molecular flexibility index (Phi) is 6.04. The van der Waals surface area contributed by atoms with Crippen LogP contribution in [0.4, 0.5) is 19.0 Å². The van der Waals surface area contributed by atoms with Crippen molar-refractivity contribution in [3.63, 3.8) is 0 Å². The second kappa shape index (κ2) is 8.07. The average molecular weight is 381 g/mol. The molecule has 1 unspecified atom stereocenters. The lowest BCUT2D eigenvalue weighted by atomic mass is 10.1. The highest BCUT2D eigenvalue weighted by Gasteiger charge is 2.64. The molecule has 1 heterocycles. The van der Waals surface area contributed by atoms with Gasteiger partial charge in [0.25, 0.3) is 5.91 Å². The number of esters is 1. The van der Waals surface area contributed by atoms with Crippen LogP contribution < -0.4 is 10.6 Å². The fraction of sp³-hybridized carbons (Fsp3) is 0.278. The zero-order chi connectivity index (χ0) is 20.1. The number of carbonyl (C=O) groups is 2. The smallest absolute Gasteiger partial charge is 0.441 e. The molecule has 1 amide bonds. The number of nitrogens with zero attached hydrogens (tertiary/aromatic N) is 1. The van der Waals surface area contributed by atoms with Crippen molar-refractivity contribution < 1.29 is 27.5 Å². The SMILES string of the molecule is CCOC(=O)C(NC(=O)c1ccccc1)(Nc1cc(C)ccn1)C(F)(F)F. The van der Waals surface area contributed by atoms with Gasteiger partial charge in [0.05, 0.1) is 6.61 Å². The summed E-state index contributed by atoms with van der Waals surface area (Å²) in [5, 5.41) is 3.77. The van der Waals surface area contributed by atoms with Crippen LogP contribution in [0.25, 0.3) is 0 Å². The summed E-state index contributed by atoms with van der Waals surface area (Å²) in [7, 11) is 0. The van der Waals surface area contributed by atoms with Gasteiger partial charge in [0.15, 0.2) is 0 Å². The molecule has 2 aromatic rings. The molecule has 144 valence electrons. The minimum absolute atomic E-state index is 0.0468. The molecule has 0 aliphatic rings. The van der Waals surface area contributed by atoms with Gasteiger partial charge >= 0.3 is 17.8 Å². The monoisotopic (exact) mass is 381 g/mol. The van der Waals surface area contributed by atoms with Crippen LogP contribution in [0.3, 0.4) is 0 Å². The molecule has 2 N–H and O–H groups in total. The highest BCUT2D eigenvalue weighted by molar-refractivity contribution is 5.99. The normalized spacial score (nSPS) is 13.4. The molecule has 0 saturated heterocycles. The summed E-state index contributed by atoms with van der Waals surface area (Å²) in [5.41, 5.74) is -2.94. The number of carbonyl (C=O) groups excluding carboxylic acids is 2. The number of benzene rings is 1. The summed E-state index contributed by atoms with van der Waals surface area (Å²) < 4.78 is 46.6. The molecule has 1 aromatic heterocycles. The third-order valence-corrected chi connectivity index (χ3v) is 3.57. The van der Waals surface area contributed by atoms with Crippen LogP contribution in [0.15, 0.2) is 48.7 Å². The molecule has 1 aromatic carbocycles. The van der Waals surface area contributed by atoms with Gasteiger partial charge in [-0.15, -0.1) is 0 Å². The van der Waals surface area contributed by atoms with Crippen molar-refractivity contribution in [3.05, 3.63) is 59.8 Å². The van der Waals surface area contributed by atoms with Crippen LogP contribution >= 0.6 is 0 Å². The summed E-state index contributed by atoms with van der Waals surface area (Å²) in [6.07, 6.45) is -3.93. The largest absolute Gasteiger partial charge is 0.463 e. The second-order valence-electron chi connectivity index (χ2n) is 5.63. The third-order valence-electron chi connectivity index (χ3n) is 3.57. The molecule has 0 saturated carbocycles. The van der Waals surface area contributed by atoms with Crippen molar-refractivity contribution in [1.29, 1.82) is 0 Å². The first-order valence-electron chi connectivity index (χ1n) is 8.02. The van der Waals surface area contributed by atoms with Gasteiger partial charge in [-0.05, 0) is 43.7 Å². The van der Waals surface area contributed by atoms with Crippen LogP contribution in [0.2, 0.25) is 0 Å². The number of ether oxygens (including phenoxy) is 1. The Morgan fingerprint density at radius 2 is 1.81 bits per heavy atom. The number of alkyl halides is 3. The van der Waals surface area contributed by atoms with E-state index in [1.807, 2.05) is 5.32 Å². The van der Waals surface area contributed by atoms with Crippen molar-refractivity contribution in [2.24, 2.45) is 0 Å². The van der Waals surface area contributed by atoms with Crippen molar-refractivity contribution >= 4 is 17.7 Å². The van der Waals surface area contributed by atoms with Gasteiger partial charge in [0.2, 0.25) is 0 Å². The van der Waals surface area contributed by atoms with Crippen molar-refractivity contribution in [3.8, 4) is 0 Å². The maximum atomic E-state index is 14.0. The molecule has 0 aliphatic carbocycles. The van der Waals surface area contributed by atoms with Gasteiger partial charge in [-0.1, -0.05) is 18.2 Å². The first kappa shape index (κ1) is 20.2. The van der Waals surface area contributed by atoms with Crippen LogP contribution in [0.1, 0.15) is 22.8 Å². The maximum Gasteiger partial charge on any atom is 0.441 e. The first-order valence-corrected chi connectivity index (χ1v) is 8.02. The summed E-state index contributed by atoms with van der Waals surface area (Å²) >= 11 is 0. The standard InChI is InChI=1S/C18H18F3N3O3/c1-3-27-16(26)17(18(19,20)21,23-14-11-12(2)9-10-22-14)24-15(25)13-7-5-4-6-8-13/h4-11H,3H2,1-2H3,(H,22,23)(H,24,25). The molecule has 6 nitrogen and oxygen atoms in total. The molecule has 0 spiro atoms. The molecular formula is C18H18F3N3O3. The fourth-order valence-electron chi connectivity index (χ4n) is 2.26. The summed E-state index contributed by atoms with van der Waals surface area (Å²) in [6.45, 7) is 2.71. The molecule has 0 radical (unpaired) electrons. The summed E-state index contributed by atoms with van der Waals surface area (Å²) in [6, 6.07) is 10.1. The topological polar surface area (TPSA) is 80.3 Å². The zero-order valence-electron chi connectivity index (χ0n) is 14.6. The van der Waals surface area contributed by atoms with E-state index >= 15 is 0 Å². The van der Waals surface area contributed by atoms with Crippen molar-refractivity contribution in [2.75, 3.05) is 11.9 Å². The van der Waals surface area contributed by atoms with E-state index < -0.39 is 23.7 Å². The number of anilines is 1. The Balaban J connectivity index is 2.50. The quantitative estimate of drug-likeness (QED) is 0.594. The van der Waals surface area contributed by atoms with Gasteiger partial charge in [0.1, 0.15) is 5.82 Å². The van der Waals surface area contributed by atoms with Gasteiger partial charge in [-0.3, -0.25) is 4.79 Å². The molecule has 2 rings (SSSR count). The van der Waals surface area contributed by atoms with Crippen molar-refractivity contribution in [1.82, 2.24) is 10.3 Å². The number of halogens is 3. The molecule has 0 fully saturated rings. The molecule has 27 heavy (non-hydrogen) atoms. The fourth-order valence-corrected chi connectivity index (χ4v) is 2.26. The number of aromatic nitrogens is 1. The number of nitrogens with one attached hydrogen (secondary N) is 2. The van der Waals surface area contributed by atoms with E-state index in [2.05, 4.69) is 9.72 Å². The van der Waals surface area contributed by atoms with Gasteiger partial charge in [-0.2, -0.15) is 13.2 Å². The molecule has 9 heteroatoms. The maximum absolute atomic E-state index is 14.0. The Labute approximate surface area is 153 Å². The minimum atomic E-state index is -5.21. The van der Waals surface area contributed by atoms with Gasteiger partial charge in [0, 0.05) is 11.8 Å². The summed E-state index contributed by atoms with van der Waals surface area (Å²) in [4.78, 5) is 28.5. The Morgan fingerprint density at radius 1 is 1.15 bits per heavy atom. The molecule has 0 bridgehead atoms. The Morgan fingerprint density at radius 3 is 2.37 bits per heavy atom. The first-order chi connectivity index (χ1) is 12.7. The van der Waals surface area contributed by atoms with Crippen molar-refractivity contribution in [2.45, 2.75) is 25.7 Å². The van der Waals surface area contributed by atoms with Crippen LogP contribution in [0.5, 0.6) is 0 Å². The van der Waals surface area contributed by atoms with E-state index in [9.17, 15) is 22.8 Å². The molecule has 0 aliphatic heterocycles. The lowest BCUT2D eigenvalue weighted by Crippen LogP contribution is -2.69. The third kappa shape index (κ3) is 4.55. The molecule has 1 atom stereocenters. The number of rotatable bonds is 6. The highest BCUT2D eigenvalue weighted by atomic mass is 19.4. The zero-order valence-corrected chi connectivity index (χ0v) is 14.6. The van der Waals surface area contributed by atoms with E-state index in [0.717, 1.165) is 0 Å². The number of hydrogen-bond acceptors (Lipinski definition) is 5. The van der Waals surface area contributed by atoms with Crippen LogP contribution in [0, 0.1) is 6.92 Å². The average Bonchev–Trinajstić information content (AvgIpc) is 2.61. The van der Waals surface area contributed by atoms with Gasteiger partial charge < -0.3 is 15.4 Å². The highest BCUT2D eigenvalue weighted by Crippen LogP contribution is 2.33. The number of aryl methyl sites for hydroxylation is 1. The predicted octanol–water partition coefficient (Wildman–Crippen LogP) is 3.05. The summed E-state index contributed by atoms with van der Waals surface area (Å²) in [5.74, 6) is -3.03. The van der Waals surface area contributed by atoms with E-state index in [4.69, 9.17) is 0 Å². The second-order valence-corrected chi connectivity index (χ2v) is 5.63. The molecular weight excluding hydrogens is 363 g/mol. The number of hydrogen-bond donors (Lipinski definition) is 2.